The molecule has 0 radical (unpaired) electrons. The lowest BCUT2D eigenvalue weighted by atomic mass is 9.85. The fourth-order valence-corrected chi connectivity index (χ4v) is 6.14. The second-order valence-electron chi connectivity index (χ2n) is 13.4. The molecule has 1 N–H and O–H groups in total. The Morgan fingerprint density at radius 3 is 1.92 bits per heavy atom. The molecule has 0 aliphatic heterocycles. The van der Waals surface area contributed by atoms with Crippen molar-refractivity contribution in [3.05, 3.63) is 181 Å². The molecular formula is C45H39N3O. The van der Waals surface area contributed by atoms with Gasteiger partial charge in [-0.2, -0.15) is 0 Å². The van der Waals surface area contributed by atoms with Crippen LogP contribution in [0.5, 0.6) is 5.75 Å². The molecule has 4 heteroatoms. The van der Waals surface area contributed by atoms with Crippen LogP contribution in [0.4, 0.5) is 17.2 Å². The summed E-state index contributed by atoms with van der Waals surface area (Å²) in [5, 5.41) is 11.2. The van der Waals surface area contributed by atoms with Gasteiger partial charge in [0.25, 0.3) is 0 Å². The number of benzene rings is 5. The summed E-state index contributed by atoms with van der Waals surface area (Å²) in [7, 11) is 0. The molecule has 7 aromatic rings. The molecule has 0 atom stereocenters. The minimum atomic E-state index is -0.138. The van der Waals surface area contributed by atoms with E-state index in [4.69, 9.17) is 9.97 Å². The van der Waals surface area contributed by atoms with Crippen molar-refractivity contribution < 1.29 is 5.11 Å². The summed E-state index contributed by atoms with van der Waals surface area (Å²) in [6.45, 7) is 6.71. The lowest BCUT2D eigenvalue weighted by Gasteiger charge is -2.28. The molecule has 0 unspecified atom stereocenters. The molecule has 0 saturated carbocycles. The maximum Gasteiger partial charge on any atom is 0.137 e. The smallest absolute Gasteiger partial charge is 0.137 e. The van der Waals surface area contributed by atoms with Crippen molar-refractivity contribution in [3.63, 3.8) is 0 Å². The summed E-state index contributed by atoms with van der Waals surface area (Å²) in [5.74, 6) is 1.03. The minimum absolute atomic E-state index is 0.138. The molecular weight excluding hydrogens is 599 g/mol. The molecule has 0 saturated heterocycles. The Balaban J connectivity index is 1.43. The van der Waals surface area contributed by atoms with Gasteiger partial charge in [-0.1, -0.05) is 112 Å². The van der Waals surface area contributed by atoms with Crippen molar-refractivity contribution in [2.24, 2.45) is 0 Å². The van der Waals surface area contributed by atoms with Crippen LogP contribution >= 0.6 is 0 Å². The van der Waals surface area contributed by atoms with Gasteiger partial charge in [-0.05, 0) is 106 Å². The molecule has 7 rings (SSSR count). The quantitative estimate of drug-likeness (QED) is 0.180. The van der Waals surface area contributed by atoms with Crippen LogP contribution in [-0.2, 0) is 11.8 Å². The van der Waals surface area contributed by atoms with Gasteiger partial charge in [0.2, 0.25) is 0 Å². The molecule has 2 heterocycles. The van der Waals surface area contributed by atoms with E-state index in [1.54, 1.807) is 6.07 Å². The second kappa shape index (κ2) is 13.6. The van der Waals surface area contributed by atoms with Crippen molar-refractivity contribution in [1.82, 2.24) is 9.97 Å². The van der Waals surface area contributed by atoms with Gasteiger partial charge in [0.05, 0.1) is 11.4 Å². The Morgan fingerprint density at radius 1 is 0.551 bits per heavy atom. The maximum atomic E-state index is 11.2. The standard InChI is InChI=1S/C45H39N3O/c1-45(2,3)37-27-36(28-39(31-37)48(38-19-11-6-12-20-38)44-21-13-14-24-46-44)41-29-35(34-17-9-5-10-18-34)30-42(47-41)40-26-33(22-23-43(40)49)25-32-15-7-4-8-16-32/h4-24,26-31,49H,25H2,1-3H3. The largest absolute Gasteiger partial charge is 0.507 e. The number of hydrogen-bond acceptors (Lipinski definition) is 4. The van der Waals surface area contributed by atoms with Crippen molar-refractivity contribution in [2.45, 2.75) is 32.6 Å². The molecule has 0 bridgehead atoms. The van der Waals surface area contributed by atoms with Crippen LogP contribution in [0.2, 0.25) is 0 Å². The average Bonchev–Trinajstić information content (AvgIpc) is 3.13. The van der Waals surface area contributed by atoms with Crippen LogP contribution in [0.3, 0.4) is 0 Å². The van der Waals surface area contributed by atoms with E-state index in [9.17, 15) is 5.11 Å². The summed E-state index contributed by atoms with van der Waals surface area (Å²) in [5.41, 5.74) is 10.7. The van der Waals surface area contributed by atoms with E-state index in [1.807, 2.05) is 48.7 Å². The summed E-state index contributed by atoms with van der Waals surface area (Å²) in [6.07, 6.45) is 2.59. The van der Waals surface area contributed by atoms with Crippen LogP contribution in [0.1, 0.15) is 37.5 Å². The third-order valence-electron chi connectivity index (χ3n) is 8.75. The Hall–Kier alpha value is -6.00. The fourth-order valence-electron chi connectivity index (χ4n) is 6.14. The first-order chi connectivity index (χ1) is 23.8. The van der Waals surface area contributed by atoms with Gasteiger partial charge in [-0.3, -0.25) is 4.90 Å². The van der Waals surface area contributed by atoms with E-state index in [1.165, 1.54) is 11.1 Å². The van der Waals surface area contributed by atoms with Crippen molar-refractivity contribution in [2.75, 3.05) is 4.90 Å². The first kappa shape index (κ1) is 31.6. The molecule has 0 aliphatic carbocycles. The van der Waals surface area contributed by atoms with E-state index in [-0.39, 0.29) is 11.2 Å². The molecule has 4 nitrogen and oxygen atoms in total. The number of aromatic nitrogens is 2. The highest BCUT2D eigenvalue weighted by atomic mass is 16.3. The first-order valence-electron chi connectivity index (χ1n) is 16.7. The normalized spacial score (nSPS) is 11.3. The van der Waals surface area contributed by atoms with Gasteiger partial charge >= 0.3 is 0 Å². The Labute approximate surface area is 289 Å². The van der Waals surface area contributed by atoms with Gasteiger partial charge in [-0.15, -0.1) is 0 Å². The van der Waals surface area contributed by atoms with E-state index in [2.05, 4.69) is 135 Å². The number of nitrogens with zero attached hydrogens (tertiary/aromatic N) is 3. The Kier molecular flexibility index (Phi) is 8.78. The summed E-state index contributed by atoms with van der Waals surface area (Å²) in [4.78, 5) is 12.2. The van der Waals surface area contributed by atoms with Gasteiger partial charge in [0, 0.05) is 28.7 Å². The van der Waals surface area contributed by atoms with E-state index in [0.717, 1.165) is 57.3 Å². The van der Waals surface area contributed by atoms with Crippen LogP contribution in [-0.4, -0.2) is 15.1 Å². The van der Waals surface area contributed by atoms with Gasteiger partial charge in [0.15, 0.2) is 0 Å². The summed E-state index contributed by atoms with van der Waals surface area (Å²) >= 11 is 0. The van der Waals surface area contributed by atoms with Gasteiger partial charge in [0.1, 0.15) is 11.6 Å². The van der Waals surface area contributed by atoms with Crippen molar-refractivity contribution in [3.8, 4) is 39.4 Å². The molecule has 0 fully saturated rings. The highest BCUT2D eigenvalue weighted by Gasteiger charge is 2.22. The molecule has 0 spiro atoms. The van der Waals surface area contributed by atoms with Crippen LogP contribution < -0.4 is 4.90 Å². The van der Waals surface area contributed by atoms with Crippen LogP contribution in [0, 0.1) is 0 Å². The summed E-state index contributed by atoms with van der Waals surface area (Å²) < 4.78 is 0. The Morgan fingerprint density at radius 2 is 1.22 bits per heavy atom. The lowest BCUT2D eigenvalue weighted by Crippen LogP contribution is -2.15. The number of aromatic hydroxyl groups is 1. The molecule has 5 aromatic carbocycles. The molecule has 49 heavy (non-hydrogen) atoms. The molecule has 0 aliphatic rings. The topological polar surface area (TPSA) is 49.3 Å². The average molecular weight is 638 g/mol. The van der Waals surface area contributed by atoms with E-state index >= 15 is 0 Å². The number of anilines is 3. The number of phenolic OH excluding ortho intramolecular Hbond substituents is 1. The molecule has 240 valence electrons. The summed E-state index contributed by atoms with van der Waals surface area (Å²) in [6, 6.07) is 53.9. The number of rotatable bonds is 8. The zero-order chi connectivity index (χ0) is 33.8. The number of phenols is 1. The highest BCUT2D eigenvalue weighted by molar-refractivity contribution is 5.82. The third kappa shape index (κ3) is 7.14. The SMILES string of the molecule is CC(C)(C)c1cc(-c2cc(-c3ccccc3)cc(-c3cc(Cc4ccccc4)ccc3O)n2)cc(N(c2ccccc2)c2ccccn2)c1. The first-order valence-corrected chi connectivity index (χ1v) is 16.7. The molecule has 2 aromatic heterocycles. The van der Waals surface area contributed by atoms with Crippen LogP contribution in [0.25, 0.3) is 33.6 Å². The highest BCUT2D eigenvalue weighted by Crippen LogP contribution is 2.40. The third-order valence-corrected chi connectivity index (χ3v) is 8.75. The minimum Gasteiger partial charge on any atom is -0.507 e. The Bertz CT molecular complexity index is 2140. The van der Waals surface area contributed by atoms with Gasteiger partial charge < -0.3 is 5.11 Å². The maximum absolute atomic E-state index is 11.2. The number of hydrogen-bond donors (Lipinski definition) is 1. The predicted molar refractivity (Wildman–Crippen MR) is 203 cm³/mol. The van der Waals surface area contributed by atoms with E-state index in [0.29, 0.717) is 5.56 Å². The zero-order valence-electron chi connectivity index (χ0n) is 28.1. The lowest BCUT2D eigenvalue weighted by molar-refractivity contribution is 0.477. The van der Waals surface area contributed by atoms with E-state index < -0.39 is 0 Å². The fraction of sp³-hybridized carbons (Fsp3) is 0.111. The predicted octanol–water partition coefficient (Wildman–Crippen LogP) is 11.5. The number of para-hydroxylation sites is 1. The number of pyridine rings is 2. The monoisotopic (exact) mass is 637 g/mol. The zero-order valence-corrected chi connectivity index (χ0v) is 28.1. The van der Waals surface area contributed by atoms with Crippen molar-refractivity contribution >= 4 is 17.2 Å². The van der Waals surface area contributed by atoms with Crippen LogP contribution in [0.15, 0.2) is 164 Å². The molecule has 0 amide bonds. The van der Waals surface area contributed by atoms with Gasteiger partial charge in [-0.25, -0.2) is 9.97 Å². The second-order valence-corrected chi connectivity index (χ2v) is 13.4. The van der Waals surface area contributed by atoms with Crippen molar-refractivity contribution in [1.29, 1.82) is 0 Å².